The highest BCUT2D eigenvalue weighted by molar-refractivity contribution is 5.87. The molecule has 72 valence electrons. The second-order valence-electron chi connectivity index (χ2n) is 2.73. The van der Waals surface area contributed by atoms with Gasteiger partial charge in [-0.2, -0.15) is 0 Å². The summed E-state index contributed by atoms with van der Waals surface area (Å²) in [5, 5.41) is 8.72. The first-order valence-electron chi connectivity index (χ1n) is 4.04. The first kappa shape index (κ1) is 9.80. The lowest BCUT2D eigenvalue weighted by Crippen LogP contribution is -2.09. The van der Waals surface area contributed by atoms with Crippen molar-refractivity contribution in [3.63, 3.8) is 0 Å². The minimum absolute atomic E-state index is 0.0818. The summed E-state index contributed by atoms with van der Waals surface area (Å²) in [4.78, 5) is 11.1. The highest BCUT2D eigenvalue weighted by Gasteiger charge is 2.11. The highest BCUT2D eigenvalue weighted by Crippen LogP contribution is 2.08. The van der Waals surface area contributed by atoms with Crippen LogP contribution in [0.3, 0.4) is 0 Å². The Hall–Kier alpha value is -1.29. The molecule has 0 aliphatic rings. The van der Waals surface area contributed by atoms with Gasteiger partial charge in [0.15, 0.2) is 0 Å². The highest BCUT2D eigenvalue weighted by atomic mass is 16.5. The fraction of sp³-hybridized carbons (Fsp3) is 0.444. The molecule has 4 heteroatoms. The van der Waals surface area contributed by atoms with Crippen LogP contribution in [0.1, 0.15) is 16.2 Å². The summed E-state index contributed by atoms with van der Waals surface area (Å²) in [5.41, 5.74) is 1.42. The molecule has 1 aromatic heterocycles. The lowest BCUT2D eigenvalue weighted by atomic mass is 10.3. The molecular weight excluding hydrogens is 170 g/mol. The van der Waals surface area contributed by atoms with Gasteiger partial charge in [0.25, 0.3) is 0 Å². The van der Waals surface area contributed by atoms with E-state index in [1.807, 2.05) is 6.07 Å². The number of hydrogen-bond donors (Lipinski definition) is 1. The van der Waals surface area contributed by atoms with Crippen molar-refractivity contribution in [1.29, 1.82) is 0 Å². The van der Waals surface area contributed by atoms with Gasteiger partial charge in [0, 0.05) is 25.8 Å². The number of esters is 1. The van der Waals surface area contributed by atoms with Crippen LogP contribution in [0.25, 0.3) is 0 Å². The maximum atomic E-state index is 11.1. The summed E-state index contributed by atoms with van der Waals surface area (Å²) < 4.78 is 6.31. The molecule has 0 aliphatic carbocycles. The molecule has 0 saturated carbocycles. The van der Waals surface area contributed by atoms with Crippen molar-refractivity contribution in [2.75, 3.05) is 13.7 Å². The Morgan fingerprint density at radius 3 is 2.85 bits per heavy atom. The zero-order chi connectivity index (χ0) is 9.84. The van der Waals surface area contributed by atoms with Gasteiger partial charge in [-0.25, -0.2) is 4.79 Å². The standard InChI is InChI=1S/C9H13NO3/c1-10-7(5-6-11)3-4-8(10)9(12)13-2/h3-4,11H,5-6H2,1-2H3. The number of aromatic nitrogens is 1. The third kappa shape index (κ3) is 1.89. The van der Waals surface area contributed by atoms with Crippen LogP contribution in [0.5, 0.6) is 0 Å². The van der Waals surface area contributed by atoms with E-state index < -0.39 is 0 Å². The van der Waals surface area contributed by atoms with Crippen molar-refractivity contribution in [1.82, 2.24) is 4.57 Å². The molecule has 0 atom stereocenters. The Morgan fingerprint density at radius 2 is 2.31 bits per heavy atom. The molecule has 0 unspecified atom stereocenters. The van der Waals surface area contributed by atoms with E-state index in [9.17, 15) is 4.79 Å². The Labute approximate surface area is 76.7 Å². The summed E-state index contributed by atoms with van der Waals surface area (Å²) in [7, 11) is 3.12. The fourth-order valence-electron chi connectivity index (χ4n) is 1.23. The first-order valence-corrected chi connectivity index (χ1v) is 4.04. The van der Waals surface area contributed by atoms with Crippen LogP contribution in [0.15, 0.2) is 12.1 Å². The molecule has 1 N–H and O–H groups in total. The minimum atomic E-state index is -0.355. The van der Waals surface area contributed by atoms with Gasteiger partial charge in [0.1, 0.15) is 5.69 Å². The average molecular weight is 183 g/mol. The van der Waals surface area contributed by atoms with Crippen LogP contribution in [-0.4, -0.2) is 29.4 Å². The van der Waals surface area contributed by atoms with E-state index in [0.717, 1.165) is 5.69 Å². The Balaban J connectivity index is 2.92. The summed E-state index contributed by atoms with van der Waals surface area (Å²) in [5.74, 6) is -0.355. The van der Waals surface area contributed by atoms with Gasteiger partial charge in [-0.3, -0.25) is 0 Å². The molecule has 0 fully saturated rings. The molecule has 0 spiro atoms. The van der Waals surface area contributed by atoms with Crippen molar-refractivity contribution in [2.45, 2.75) is 6.42 Å². The average Bonchev–Trinajstić information content (AvgIpc) is 2.48. The second-order valence-corrected chi connectivity index (χ2v) is 2.73. The smallest absolute Gasteiger partial charge is 0.354 e. The van der Waals surface area contributed by atoms with Crippen molar-refractivity contribution >= 4 is 5.97 Å². The molecule has 13 heavy (non-hydrogen) atoms. The topological polar surface area (TPSA) is 51.5 Å². The lowest BCUT2D eigenvalue weighted by Gasteiger charge is -2.04. The van der Waals surface area contributed by atoms with Crippen molar-refractivity contribution < 1.29 is 14.6 Å². The van der Waals surface area contributed by atoms with Crippen molar-refractivity contribution in [2.24, 2.45) is 7.05 Å². The summed E-state index contributed by atoms with van der Waals surface area (Å²) in [6.45, 7) is 0.0818. The van der Waals surface area contributed by atoms with E-state index in [1.54, 1.807) is 17.7 Å². The largest absolute Gasteiger partial charge is 0.464 e. The summed E-state index contributed by atoms with van der Waals surface area (Å²) in [6.07, 6.45) is 0.549. The number of methoxy groups -OCH3 is 1. The van der Waals surface area contributed by atoms with Crippen LogP contribution < -0.4 is 0 Å². The van der Waals surface area contributed by atoms with Gasteiger partial charge < -0.3 is 14.4 Å². The van der Waals surface area contributed by atoms with E-state index in [-0.39, 0.29) is 12.6 Å². The molecule has 0 saturated heterocycles. The Kier molecular flexibility index (Phi) is 3.08. The fourth-order valence-corrected chi connectivity index (χ4v) is 1.23. The summed E-state index contributed by atoms with van der Waals surface area (Å²) >= 11 is 0. The molecule has 0 radical (unpaired) electrons. The van der Waals surface area contributed by atoms with Crippen LogP contribution >= 0.6 is 0 Å². The number of nitrogens with zero attached hydrogens (tertiary/aromatic N) is 1. The number of rotatable bonds is 3. The molecule has 0 aliphatic heterocycles. The van der Waals surface area contributed by atoms with E-state index in [1.165, 1.54) is 7.11 Å². The van der Waals surface area contributed by atoms with Gasteiger partial charge in [-0.1, -0.05) is 0 Å². The van der Waals surface area contributed by atoms with Gasteiger partial charge >= 0.3 is 5.97 Å². The van der Waals surface area contributed by atoms with Crippen molar-refractivity contribution in [3.05, 3.63) is 23.5 Å². The molecule has 0 aromatic carbocycles. The number of carbonyl (C=O) groups excluding carboxylic acids is 1. The SMILES string of the molecule is COC(=O)c1ccc(CCO)n1C. The van der Waals surface area contributed by atoms with E-state index in [2.05, 4.69) is 4.74 Å². The number of carbonyl (C=O) groups is 1. The zero-order valence-corrected chi connectivity index (χ0v) is 7.78. The zero-order valence-electron chi connectivity index (χ0n) is 7.78. The van der Waals surface area contributed by atoms with Crippen LogP contribution in [-0.2, 0) is 18.2 Å². The maximum Gasteiger partial charge on any atom is 0.354 e. The predicted octanol–water partition coefficient (Wildman–Crippen LogP) is 0.346. The van der Waals surface area contributed by atoms with Crippen molar-refractivity contribution in [3.8, 4) is 0 Å². The van der Waals surface area contributed by atoms with Gasteiger partial charge in [0.2, 0.25) is 0 Å². The normalized spacial score (nSPS) is 10.1. The molecule has 4 nitrogen and oxygen atoms in total. The Morgan fingerprint density at radius 1 is 1.62 bits per heavy atom. The number of hydrogen-bond acceptors (Lipinski definition) is 3. The van der Waals surface area contributed by atoms with Gasteiger partial charge in [0.05, 0.1) is 7.11 Å². The van der Waals surface area contributed by atoms with Crippen LogP contribution in [0.4, 0.5) is 0 Å². The predicted molar refractivity (Wildman–Crippen MR) is 47.5 cm³/mol. The lowest BCUT2D eigenvalue weighted by molar-refractivity contribution is 0.0589. The second kappa shape index (κ2) is 4.09. The van der Waals surface area contributed by atoms with Crippen LogP contribution in [0.2, 0.25) is 0 Å². The number of aliphatic hydroxyl groups is 1. The molecule has 1 rings (SSSR count). The van der Waals surface area contributed by atoms with E-state index in [4.69, 9.17) is 5.11 Å². The van der Waals surface area contributed by atoms with E-state index in [0.29, 0.717) is 12.1 Å². The molecule has 1 aromatic rings. The third-order valence-electron chi connectivity index (χ3n) is 1.99. The molecule has 1 heterocycles. The number of aliphatic hydroxyl groups excluding tert-OH is 1. The van der Waals surface area contributed by atoms with Crippen LogP contribution in [0, 0.1) is 0 Å². The van der Waals surface area contributed by atoms with Gasteiger partial charge in [-0.05, 0) is 12.1 Å². The maximum absolute atomic E-state index is 11.1. The third-order valence-corrected chi connectivity index (χ3v) is 1.99. The van der Waals surface area contributed by atoms with Gasteiger partial charge in [-0.15, -0.1) is 0 Å². The molecular formula is C9H13NO3. The first-order chi connectivity index (χ1) is 6.20. The van der Waals surface area contributed by atoms with E-state index >= 15 is 0 Å². The summed E-state index contributed by atoms with van der Waals surface area (Å²) in [6, 6.07) is 3.50. The quantitative estimate of drug-likeness (QED) is 0.688. The molecule has 0 amide bonds. The minimum Gasteiger partial charge on any atom is -0.464 e. The number of ether oxygens (including phenoxy) is 1. The molecule has 0 bridgehead atoms. The Bertz CT molecular complexity index is 304. The monoisotopic (exact) mass is 183 g/mol.